The molecule has 2 rings (SSSR count). The topological polar surface area (TPSA) is 72.5 Å². The highest BCUT2D eigenvalue weighted by atomic mass is 35.5. The van der Waals surface area contributed by atoms with Gasteiger partial charge in [-0.05, 0) is 56.0 Å². The minimum absolute atomic E-state index is 0.277. The maximum Gasteiger partial charge on any atom is 0.329 e. The van der Waals surface area contributed by atoms with E-state index < -0.39 is 17.9 Å². The molecule has 29 heavy (non-hydrogen) atoms. The Morgan fingerprint density at radius 1 is 1.10 bits per heavy atom. The molecule has 154 valence electrons. The second-order valence-corrected chi connectivity index (χ2v) is 8.03. The van der Waals surface area contributed by atoms with Crippen LogP contribution in [0, 0.1) is 13.8 Å². The van der Waals surface area contributed by atoms with E-state index in [1.165, 1.54) is 0 Å². The predicted molar refractivity (Wildman–Crippen MR) is 117 cm³/mol. The maximum absolute atomic E-state index is 12.6. The predicted octanol–water partition coefficient (Wildman–Crippen LogP) is 4.23. The largest absolute Gasteiger partial charge is 0.456 e. The van der Waals surface area contributed by atoms with Crippen molar-refractivity contribution < 1.29 is 19.1 Å². The van der Waals surface area contributed by atoms with Crippen LogP contribution in [0.1, 0.15) is 38.3 Å². The number of halogens is 1. The van der Waals surface area contributed by atoms with Gasteiger partial charge in [0.25, 0.3) is 5.91 Å². The summed E-state index contributed by atoms with van der Waals surface area (Å²) in [6.45, 7) is 3.35. The Morgan fingerprint density at radius 3 is 2.52 bits per heavy atom. The molecular weight excluding hydrogens is 410 g/mol. The van der Waals surface area contributed by atoms with Gasteiger partial charge in [0, 0.05) is 5.56 Å². The second kappa shape index (κ2) is 11.0. The number of carbonyl (C=O) groups excluding carboxylic acids is 3. The summed E-state index contributed by atoms with van der Waals surface area (Å²) < 4.78 is 5.23. The van der Waals surface area contributed by atoms with Crippen molar-refractivity contribution >= 4 is 41.0 Å². The Labute approximate surface area is 180 Å². The summed E-state index contributed by atoms with van der Waals surface area (Å²) in [6, 6.07) is 11.3. The number of hydrogen-bond donors (Lipinski definition) is 1. The Kier molecular flexibility index (Phi) is 8.73. The van der Waals surface area contributed by atoms with E-state index in [9.17, 15) is 14.4 Å². The summed E-state index contributed by atoms with van der Waals surface area (Å²) in [4.78, 5) is 37.5. The Balaban J connectivity index is 2.04. The minimum Gasteiger partial charge on any atom is -0.456 e. The van der Waals surface area contributed by atoms with Crippen LogP contribution in [0.3, 0.4) is 0 Å². The molecule has 0 radical (unpaired) electrons. The third kappa shape index (κ3) is 6.61. The van der Waals surface area contributed by atoms with Crippen LogP contribution < -0.4 is 5.32 Å². The first kappa shape index (κ1) is 23.0. The standard InChI is InChI=1S/C22H24ClNO4S/c1-14-8-9-15(2)17(12-14)20(25)13-28-22(27)19(10-11-29-3)24-21(26)16-6-4-5-7-18(16)23/h4-9,12,19H,10-11,13H2,1-3H3,(H,24,26). The van der Waals surface area contributed by atoms with Crippen molar-refractivity contribution in [3.05, 3.63) is 69.7 Å². The van der Waals surface area contributed by atoms with Crippen LogP contribution in [0.5, 0.6) is 0 Å². The molecule has 1 unspecified atom stereocenters. The third-order valence-corrected chi connectivity index (χ3v) is 5.33. The Hall–Kier alpha value is -2.31. The molecule has 0 spiro atoms. The molecule has 0 aliphatic carbocycles. The number of ether oxygens (including phenoxy) is 1. The van der Waals surface area contributed by atoms with Crippen LogP contribution >= 0.6 is 23.4 Å². The number of rotatable bonds is 9. The summed E-state index contributed by atoms with van der Waals surface area (Å²) in [5, 5.41) is 2.97. The summed E-state index contributed by atoms with van der Waals surface area (Å²) in [7, 11) is 0. The molecule has 0 aromatic heterocycles. The fourth-order valence-corrected chi connectivity index (χ4v) is 3.41. The lowest BCUT2D eigenvalue weighted by Gasteiger charge is -2.18. The van der Waals surface area contributed by atoms with Gasteiger partial charge in [0.2, 0.25) is 5.78 Å². The first-order chi connectivity index (χ1) is 13.8. The first-order valence-electron chi connectivity index (χ1n) is 9.15. The van der Waals surface area contributed by atoms with Gasteiger partial charge in [-0.3, -0.25) is 9.59 Å². The van der Waals surface area contributed by atoms with Crippen molar-refractivity contribution in [1.82, 2.24) is 5.32 Å². The van der Waals surface area contributed by atoms with Crippen molar-refractivity contribution in [1.29, 1.82) is 0 Å². The summed E-state index contributed by atoms with van der Waals surface area (Å²) in [5.41, 5.74) is 2.58. The zero-order chi connectivity index (χ0) is 21.4. The lowest BCUT2D eigenvalue weighted by atomic mass is 10.0. The van der Waals surface area contributed by atoms with E-state index in [2.05, 4.69) is 5.32 Å². The highest BCUT2D eigenvalue weighted by Crippen LogP contribution is 2.16. The molecular formula is C22H24ClNO4S. The molecule has 2 aromatic carbocycles. The van der Waals surface area contributed by atoms with Crippen LogP contribution in [-0.4, -0.2) is 42.3 Å². The molecule has 0 bridgehead atoms. The molecule has 0 aliphatic heterocycles. The minimum atomic E-state index is -0.863. The van der Waals surface area contributed by atoms with Crippen LogP contribution in [0.2, 0.25) is 5.02 Å². The van der Waals surface area contributed by atoms with E-state index in [1.54, 1.807) is 42.1 Å². The number of carbonyl (C=O) groups is 3. The fourth-order valence-electron chi connectivity index (χ4n) is 2.72. The normalized spacial score (nSPS) is 11.6. The van der Waals surface area contributed by atoms with E-state index in [-0.39, 0.29) is 18.0 Å². The third-order valence-electron chi connectivity index (χ3n) is 4.36. The zero-order valence-corrected chi connectivity index (χ0v) is 18.2. The van der Waals surface area contributed by atoms with Crippen molar-refractivity contribution in [2.45, 2.75) is 26.3 Å². The van der Waals surface area contributed by atoms with Crippen LogP contribution in [0.4, 0.5) is 0 Å². The molecule has 7 heteroatoms. The highest BCUT2D eigenvalue weighted by Gasteiger charge is 2.24. The SMILES string of the molecule is CSCCC(NC(=O)c1ccccc1Cl)C(=O)OCC(=O)c1cc(C)ccc1C. The molecule has 2 aromatic rings. The number of benzene rings is 2. The number of ketones is 1. The number of nitrogens with one attached hydrogen (secondary N) is 1. The van der Waals surface area contributed by atoms with E-state index in [0.29, 0.717) is 22.8 Å². The number of aryl methyl sites for hydroxylation is 2. The fraction of sp³-hybridized carbons (Fsp3) is 0.318. The number of amides is 1. The molecule has 0 fully saturated rings. The molecule has 1 atom stereocenters. The molecule has 5 nitrogen and oxygen atoms in total. The Morgan fingerprint density at radius 2 is 1.83 bits per heavy atom. The molecule has 0 aliphatic rings. The number of thioether (sulfide) groups is 1. The van der Waals surface area contributed by atoms with Gasteiger partial charge in [-0.1, -0.05) is 41.4 Å². The molecule has 1 N–H and O–H groups in total. The summed E-state index contributed by atoms with van der Waals surface area (Å²) in [5.74, 6) is -0.730. The Bertz CT molecular complexity index is 900. The van der Waals surface area contributed by atoms with Gasteiger partial charge in [-0.2, -0.15) is 11.8 Å². The van der Waals surface area contributed by atoms with Gasteiger partial charge >= 0.3 is 5.97 Å². The quantitative estimate of drug-likeness (QED) is 0.473. The van der Waals surface area contributed by atoms with E-state index >= 15 is 0 Å². The van der Waals surface area contributed by atoms with Gasteiger partial charge in [0.15, 0.2) is 6.61 Å². The van der Waals surface area contributed by atoms with Crippen molar-refractivity contribution in [3.8, 4) is 0 Å². The smallest absolute Gasteiger partial charge is 0.329 e. The van der Waals surface area contributed by atoms with Crippen molar-refractivity contribution in [3.63, 3.8) is 0 Å². The lowest BCUT2D eigenvalue weighted by Crippen LogP contribution is -2.42. The lowest BCUT2D eigenvalue weighted by molar-refractivity contribution is -0.144. The number of Topliss-reactive ketones (excluding diaryl/α,β-unsaturated/α-hetero) is 1. The second-order valence-electron chi connectivity index (χ2n) is 6.64. The monoisotopic (exact) mass is 433 g/mol. The van der Waals surface area contributed by atoms with E-state index in [1.807, 2.05) is 32.2 Å². The van der Waals surface area contributed by atoms with Crippen molar-refractivity contribution in [2.75, 3.05) is 18.6 Å². The van der Waals surface area contributed by atoms with E-state index in [0.717, 1.165) is 11.1 Å². The van der Waals surface area contributed by atoms with Gasteiger partial charge < -0.3 is 10.1 Å². The maximum atomic E-state index is 12.6. The van der Waals surface area contributed by atoms with Gasteiger partial charge in [0.1, 0.15) is 6.04 Å². The van der Waals surface area contributed by atoms with Crippen LogP contribution in [-0.2, 0) is 9.53 Å². The van der Waals surface area contributed by atoms with Gasteiger partial charge in [-0.25, -0.2) is 4.79 Å². The summed E-state index contributed by atoms with van der Waals surface area (Å²) in [6.07, 6.45) is 2.29. The molecule has 1 amide bonds. The van der Waals surface area contributed by atoms with Crippen LogP contribution in [0.25, 0.3) is 0 Å². The number of hydrogen-bond acceptors (Lipinski definition) is 5. The summed E-state index contributed by atoms with van der Waals surface area (Å²) >= 11 is 7.60. The van der Waals surface area contributed by atoms with Gasteiger partial charge in [-0.15, -0.1) is 0 Å². The first-order valence-corrected chi connectivity index (χ1v) is 10.9. The zero-order valence-electron chi connectivity index (χ0n) is 16.7. The molecule has 0 heterocycles. The molecule has 0 saturated carbocycles. The number of esters is 1. The van der Waals surface area contributed by atoms with E-state index in [4.69, 9.17) is 16.3 Å². The highest BCUT2D eigenvalue weighted by molar-refractivity contribution is 7.98. The van der Waals surface area contributed by atoms with Crippen molar-refractivity contribution in [2.24, 2.45) is 0 Å². The molecule has 0 saturated heterocycles. The van der Waals surface area contributed by atoms with Gasteiger partial charge in [0.05, 0.1) is 10.6 Å². The average molecular weight is 434 g/mol. The average Bonchev–Trinajstić information content (AvgIpc) is 2.70. The van der Waals surface area contributed by atoms with Crippen LogP contribution in [0.15, 0.2) is 42.5 Å².